The Hall–Kier alpha value is -1.67. The molecule has 0 aliphatic carbocycles. The van der Waals surface area contributed by atoms with Gasteiger partial charge in [-0.05, 0) is 25.5 Å². The van der Waals surface area contributed by atoms with Crippen LogP contribution < -0.4 is 5.32 Å². The number of sulfone groups is 1. The van der Waals surface area contributed by atoms with Gasteiger partial charge < -0.3 is 10.1 Å². The van der Waals surface area contributed by atoms with Crippen molar-refractivity contribution in [3.8, 4) is 0 Å². The molecule has 0 unspecified atom stereocenters. The van der Waals surface area contributed by atoms with E-state index in [4.69, 9.17) is 16.3 Å². The van der Waals surface area contributed by atoms with Gasteiger partial charge in [-0.15, -0.1) is 0 Å². The van der Waals surface area contributed by atoms with E-state index in [0.29, 0.717) is 6.42 Å². The number of ether oxygens (including phenoxy) is 1. The molecule has 2 rings (SSSR count). The summed E-state index contributed by atoms with van der Waals surface area (Å²) in [5, 5.41) is 2.58. The predicted octanol–water partition coefficient (Wildman–Crippen LogP) is 0.585. The summed E-state index contributed by atoms with van der Waals surface area (Å²) in [6.07, 6.45) is 1.76. The van der Waals surface area contributed by atoms with Crippen molar-refractivity contribution in [1.82, 2.24) is 10.3 Å². The van der Waals surface area contributed by atoms with Crippen molar-refractivity contribution in [3.05, 3.63) is 29.0 Å². The van der Waals surface area contributed by atoms with Crippen LogP contribution in [0.5, 0.6) is 0 Å². The van der Waals surface area contributed by atoms with Crippen molar-refractivity contribution in [2.24, 2.45) is 0 Å². The molecule has 9 heteroatoms. The van der Waals surface area contributed by atoms with Crippen LogP contribution in [-0.4, -0.2) is 48.9 Å². The van der Waals surface area contributed by atoms with Gasteiger partial charge in [0.1, 0.15) is 5.15 Å². The molecule has 1 saturated heterocycles. The van der Waals surface area contributed by atoms with Crippen LogP contribution >= 0.6 is 11.6 Å². The SMILES string of the molecule is C[C@@]1(NC(=O)COC(=O)c2cccnc2Cl)CCS(=O)(=O)C1. The van der Waals surface area contributed by atoms with Gasteiger partial charge in [0.2, 0.25) is 0 Å². The highest BCUT2D eigenvalue weighted by Gasteiger charge is 2.39. The number of nitrogens with zero attached hydrogens (tertiary/aromatic N) is 1. The van der Waals surface area contributed by atoms with Gasteiger partial charge in [0.25, 0.3) is 5.91 Å². The van der Waals surface area contributed by atoms with E-state index < -0.39 is 33.9 Å². The van der Waals surface area contributed by atoms with Gasteiger partial charge in [-0.1, -0.05) is 11.6 Å². The highest BCUT2D eigenvalue weighted by atomic mass is 35.5. The topological polar surface area (TPSA) is 102 Å². The fourth-order valence-corrected chi connectivity index (χ4v) is 4.52. The molecule has 1 aliphatic heterocycles. The van der Waals surface area contributed by atoms with Crippen LogP contribution in [0.1, 0.15) is 23.7 Å². The summed E-state index contributed by atoms with van der Waals surface area (Å²) in [4.78, 5) is 27.3. The zero-order chi connectivity index (χ0) is 16.4. The summed E-state index contributed by atoms with van der Waals surface area (Å²) < 4.78 is 27.8. The maximum absolute atomic E-state index is 11.8. The molecular weight excluding hydrogens is 332 g/mol. The number of carbonyl (C=O) groups is 2. The molecular formula is C13H15ClN2O5S. The monoisotopic (exact) mass is 346 g/mol. The molecule has 2 heterocycles. The number of amides is 1. The molecule has 1 aliphatic rings. The van der Waals surface area contributed by atoms with Gasteiger partial charge >= 0.3 is 5.97 Å². The molecule has 1 amide bonds. The van der Waals surface area contributed by atoms with Crippen LogP contribution in [0.4, 0.5) is 0 Å². The van der Waals surface area contributed by atoms with E-state index >= 15 is 0 Å². The van der Waals surface area contributed by atoms with E-state index in [-0.39, 0.29) is 22.2 Å². The van der Waals surface area contributed by atoms with Crippen molar-refractivity contribution < 1.29 is 22.7 Å². The fraction of sp³-hybridized carbons (Fsp3) is 0.462. The van der Waals surface area contributed by atoms with Crippen LogP contribution in [0.25, 0.3) is 0 Å². The Balaban J connectivity index is 1.89. The number of aromatic nitrogens is 1. The van der Waals surface area contributed by atoms with Crippen molar-refractivity contribution in [1.29, 1.82) is 0 Å². The molecule has 0 spiro atoms. The number of rotatable bonds is 4. The summed E-state index contributed by atoms with van der Waals surface area (Å²) in [5.74, 6) is -1.41. The van der Waals surface area contributed by atoms with Gasteiger partial charge in [-0.25, -0.2) is 18.2 Å². The quantitative estimate of drug-likeness (QED) is 0.632. The van der Waals surface area contributed by atoms with E-state index in [2.05, 4.69) is 10.3 Å². The molecule has 0 bridgehead atoms. The number of halogens is 1. The summed E-state index contributed by atoms with van der Waals surface area (Å²) >= 11 is 5.75. The lowest BCUT2D eigenvalue weighted by Crippen LogP contribution is -2.48. The predicted molar refractivity (Wildman–Crippen MR) is 79.3 cm³/mol. The van der Waals surface area contributed by atoms with Crippen molar-refractivity contribution in [2.45, 2.75) is 18.9 Å². The van der Waals surface area contributed by atoms with E-state index in [0.717, 1.165) is 0 Å². The first-order valence-electron chi connectivity index (χ1n) is 6.50. The smallest absolute Gasteiger partial charge is 0.341 e. The zero-order valence-electron chi connectivity index (χ0n) is 11.8. The van der Waals surface area contributed by atoms with Crippen LogP contribution in [0.3, 0.4) is 0 Å². The third kappa shape index (κ3) is 4.17. The molecule has 22 heavy (non-hydrogen) atoms. The Morgan fingerprint density at radius 1 is 1.50 bits per heavy atom. The molecule has 1 aromatic rings. The minimum absolute atomic E-state index is 0.0123. The van der Waals surface area contributed by atoms with E-state index in [1.165, 1.54) is 18.3 Å². The summed E-state index contributed by atoms with van der Waals surface area (Å²) in [6.45, 7) is 1.13. The second-order valence-electron chi connectivity index (χ2n) is 5.37. The Kier molecular flexibility index (Phi) is 4.72. The van der Waals surface area contributed by atoms with Crippen LogP contribution in [-0.2, 0) is 19.4 Å². The van der Waals surface area contributed by atoms with E-state index in [1.807, 2.05) is 0 Å². The largest absolute Gasteiger partial charge is 0.452 e. The molecule has 0 aromatic carbocycles. The Morgan fingerprint density at radius 3 is 2.82 bits per heavy atom. The number of pyridine rings is 1. The summed E-state index contributed by atoms with van der Waals surface area (Å²) in [7, 11) is -3.13. The van der Waals surface area contributed by atoms with E-state index in [1.54, 1.807) is 6.92 Å². The van der Waals surface area contributed by atoms with Crippen molar-refractivity contribution in [2.75, 3.05) is 18.1 Å². The minimum atomic E-state index is -3.13. The van der Waals surface area contributed by atoms with Gasteiger partial charge in [0, 0.05) is 6.20 Å². The lowest BCUT2D eigenvalue weighted by atomic mass is 10.0. The minimum Gasteiger partial charge on any atom is -0.452 e. The first-order chi connectivity index (χ1) is 10.2. The maximum Gasteiger partial charge on any atom is 0.341 e. The van der Waals surface area contributed by atoms with Gasteiger partial charge in [-0.2, -0.15) is 0 Å². The first-order valence-corrected chi connectivity index (χ1v) is 8.70. The lowest BCUT2D eigenvalue weighted by molar-refractivity contribution is -0.125. The maximum atomic E-state index is 11.8. The molecule has 1 N–H and O–H groups in total. The van der Waals surface area contributed by atoms with E-state index in [9.17, 15) is 18.0 Å². The molecule has 0 radical (unpaired) electrons. The number of hydrogen-bond acceptors (Lipinski definition) is 6. The molecule has 0 saturated carbocycles. The molecule has 1 atom stereocenters. The normalized spacial score (nSPS) is 23.0. The second kappa shape index (κ2) is 6.21. The standard InChI is InChI=1S/C13H15ClN2O5S/c1-13(4-6-22(19,20)8-13)16-10(17)7-21-12(18)9-3-2-5-15-11(9)14/h2-3,5H,4,6-8H2,1H3,(H,16,17)/t13-/m1/s1. The highest BCUT2D eigenvalue weighted by Crippen LogP contribution is 2.22. The van der Waals surface area contributed by atoms with Crippen LogP contribution in [0.15, 0.2) is 18.3 Å². The number of esters is 1. The fourth-order valence-electron chi connectivity index (χ4n) is 2.23. The third-order valence-corrected chi connectivity index (χ3v) is 5.46. The van der Waals surface area contributed by atoms with Crippen molar-refractivity contribution >= 4 is 33.3 Å². The Labute approximate surface area is 132 Å². The van der Waals surface area contributed by atoms with Gasteiger partial charge in [-0.3, -0.25) is 4.79 Å². The van der Waals surface area contributed by atoms with Crippen LogP contribution in [0.2, 0.25) is 5.15 Å². The molecule has 1 fully saturated rings. The van der Waals surface area contributed by atoms with Crippen molar-refractivity contribution in [3.63, 3.8) is 0 Å². The average Bonchev–Trinajstić information content (AvgIpc) is 2.70. The number of nitrogens with one attached hydrogen (secondary N) is 1. The highest BCUT2D eigenvalue weighted by molar-refractivity contribution is 7.91. The Morgan fingerprint density at radius 2 is 2.23 bits per heavy atom. The van der Waals surface area contributed by atoms with Gasteiger partial charge in [0.15, 0.2) is 16.4 Å². The van der Waals surface area contributed by atoms with Crippen LogP contribution in [0, 0.1) is 0 Å². The average molecular weight is 347 g/mol. The summed E-state index contributed by atoms with van der Waals surface area (Å²) in [6, 6.07) is 2.95. The third-order valence-electron chi connectivity index (χ3n) is 3.26. The first kappa shape index (κ1) is 16.7. The Bertz CT molecular complexity index is 706. The molecule has 1 aromatic heterocycles. The number of carbonyl (C=O) groups excluding carboxylic acids is 2. The number of hydrogen-bond donors (Lipinski definition) is 1. The van der Waals surface area contributed by atoms with Gasteiger partial charge in [0.05, 0.1) is 22.6 Å². The zero-order valence-corrected chi connectivity index (χ0v) is 13.4. The summed E-state index contributed by atoms with van der Waals surface area (Å²) in [5.41, 5.74) is -0.763. The molecule has 120 valence electrons. The second-order valence-corrected chi connectivity index (χ2v) is 7.91. The lowest BCUT2D eigenvalue weighted by Gasteiger charge is -2.23. The molecule has 7 nitrogen and oxygen atoms in total.